The van der Waals surface area contributed by atoms with E-state index in [-0.39, 0.29) is 0 Å². The highest BCUT2D eigenvalue weighted by Crippen LogP contribution is 2.29. The molecule has 0 aliphatic rings. The molecule has 0 radical (unpaired) electrons. The number of fused-ring (bicyclic) bond motifs is 1. The number of aromatic nitrogens is 2. The molecule has 0 fully saturated rings. The quantitative estimate of drug-likeness (QED) is 0.739. The van der Waals surface area contributed by atoms with Crippen molar-refractivity contribution in [1.29, 1.82) is 0 Å². The molecule has 3 rings (SSSR count). The Kier molecular flexibility index (Phi) is 3.23. The molecule has 1 amide bonds. The normalized spacial score (nSPS) is 10.9. The van der Waals surface area contributed by atoms with E-state index < -0.39 is 5.91 Å². The van der Waals surface area contributed by atoms with E-state index in [1.165, 1.54) is 0 Å². The summed E-state index contributed by atoms with van der Waals surface area (Å²) >= 11 is 9.55. The summed E-state index contributed by atoms with van der Waals surface area (Å²) < 4.78 is 0.884. The second kappa shape index (κ2) is 4.92. The minimum atomic E-state index is -0.451. The third-order valence-corrected chi connectivity index (χ3v) is 3.69. The molecule has 0 bridgehead atoms. The average Bonchev–Trinajstić information content (AvgIpc) is 2.83. The summed E-state index contributed by atoms with van der Waals surface area (Å²) in [4.78, 5) is 18.7. The van der Waals surface area contributed by atoms with E-state index in [0.717, 1.165) is 15.6 Å². The fourth-order valence-electron chi connectivity index (χ4n) is 1.97. The van der Waals surface area contributed by atoms with Crippen molar-refractivity contribution in [3.63, 3.8) is 0 Å². The van der Waals surface area contributed by atoms with Crippen LogP contribution >= 0.6 is 27.5 Å². The van der Waals surface area contributed by atoms with Gasteiger partial charge in [0.05, 0.1) is 10.5 Å². The van der Waals surface area contributed by atoms with Gasteiger partial charge in [-0.2, -0.15) is 0 Å². The predicted molar refractivity (Wildman–Crippen MR) is 82.8 cm³/mol. The van der Waals surface area contributed by atoms with Gasteiger partial charge in [0, 0.05) is 15.6 Å². The number of H-pyrrole nitrogens is 1. The summed E-state index contributed by atoms with van der Waals surface area (Å²) in [6, 6.07) is 10.6. The zero-order valence-corrected chi connectivity index (χ0v) is 12.5. The van der Waals surface area contributed by atoms with Crippen molar-refractivity contribution in [3.05, 3.63) is 51.5 Å². The van der Waals surface area contributed by atoms with Gasteiger partial charge in [0.2, 0.25) is 5.91 Å². The van der Waals surface area contributed by atoms with Gasteiger partial charge in [-0.3, -0.25) is 4.79 Å². The third-order valence-electron chi connectivity index (χ3n) is 2.95. The number of benzene rings is 2. The number of primary amides is 1. The topological polar surface area (TPSA) is 71.8 Å². The van der Waals surface area contributed by atoms with Crippen LogP contribution in [0.15, 0.2) is 40.9 Å². The van der Waals surface area contributed by atoms with E-state index in [1.54, 1.807) is 30.3 Å². The molecule has 1 heterocycles. The summed E-state index contributed by atoms with van der Waals surface area (Å²) in [6.45, 7) is 0. The van der Waals surface area contributed by atoms with Crippen LogP contribution in [0.4, 0.5) is 0 Å². The molecule has 0 saturated carbocycles. The summed E-state index contributed by atoms with van der Waals surface area (Å²) in [5, 5.41) is 0.575. The van der Waals surface area contributed by atoms with Gasteiger partial charge < -0.3 is 10.7 Å². The maximum absolute atomic E-state index is 11.0. The first-order chi connectivity index (χ1) is 9.54. The lowest BCUT2D eigenvalue weighted by molar-refractivity contribution is 0.100. The molecule has 3 aromatic rings. The molecule has 2 aromatic carbocycles. The molecule has 3 N–H and O–H groups in total. The number of amides is 1. The fourth-order valence-corrected chi connectivity index (χ4v) is 2.82. The monoisotopic (exact) mass is 349 g/mol. The second-order valence-corrected chi connectivity index (χ2v) is 5.63. The number of carbonyl (C=O) groups excluding carboxylic acids is 1. The van der Waals surface area contributed by atoms with Gasteiger partial charge in [-0.25, -0.2) is 4.98 Å². The van der Waals surface area contributed by atoms with Crippen molar-refractivity contribution in [2.75, 3.05) is 0 Å². The number of hydrogen-bond acceptors (Lipinski definition) is 2. The molecule has 0 saturated heterocycles. The van der Waals surface area contributed by atoms with Crippen LogP contribution in [-0.4, -0.2) is 15.9 Å². The van der Waals surface area contributed by atoms with Crippen molar-refractivity contribution in [2.24, 2.45) is 5.73 Å². The number of rotatable bonds is 2. The van der Waals surface area contributed by atoms with Crippen molar-refractivity contribution in [2.45, 2.75) is 0 Å². The third kappa shape index (κ3) is 2.30. The Morgan fingerprint density at radius 3 is 2.60 bits per heavy atom. The van der Waals surface area contributed by atoms with Crippen LogP contribution in [0.25, 0.3) is 22.4 Å². The molecule has 0 aliphatic carbocycles. The number of imidazole rings is 1. The Morgan fingerprint density at radius 2 is 1.95 bits per heavy atom. The zero-order valence-electron chi connectivity index (χ0n) is 10.2. The molecule has 6 heteroatoms. The zero-order chi connectivity index (χ0) is 14.3. The highest BCUT2D eigenvalue weighted by atomic mass is 79.9. The second-order valence-electron chi connectivity index (χ2n) is 4.31. The van der Waals surface area contributed by atoms with Crippen LogP contribution in [0, 0.1) is 0 Å². The lowest BCUT2D eigenvalue weighted by atomic mass is 10.1. The highest BCUT2D eigenvalue weighted by Gasteiger charge is 2.10. The molecule has 20 heavy (non-hydrogen) atoms. The number of nitrogens with one attached hydrogen (secondary N) is 1. The molecule has 100 valence electrons. The maximum atomic E-state index is 11.0. The van der Waals surface area contributed by atoms with Crippen LogP contribution in [0.1, 0.15) is 10.4 Å². The van der Waals surface area contributed by atoms with Crippen molar-refractivity contribution < 1.29 is 4.79 Å². The molecular formula is C14H9BrClN3O. The first-order valence-corrected chi connectivity index (χ1v) is 6.97. The van der Waals surface area contributed by atoms with Crippen LogP contribution in [0.2, 0.25) is 5.02 Å². The van der Waals surface area contributed by atoms with Crippen molar-refractivity contribution in [3.8, 4) is 11.4 Å². The van der Waals surface area contributed by atoms with Gasteiger partial charge in [-0.15, -0.1) is 0 Å². The molecule has 1 aromatic heterocycles. The maximum Gasteiger partial charge on any atom is 0.248 e. The average molecular weight is 351 g/mol. The van der Waals surface area contributed by atoms with Gasteiger partial charge in [-0.1, -0.05) is 39.7 Å². The van der Waals surface area contributed by atoms with Crippen molar-refractivity contribution >= 4 is 44.5 Å². The minimum Gasteiger partial charge on any atom is -0.366 e. The number of aromatic amines is 1. The van der Waals surface area contributed by atoms with Crippen LogP contribution in [0.3, 0.4) is 0 Å². The Bertz CT molecular complexity index is 811. The van der Waals surface area contributed by atoms with Crippen LogP contribution < -0.4 is 5.73 Å². The van der Waals surface area contributed by atoms with E-state index in [2.05, 4.69) is 25.9 Å². The van der Waals surface area contributed by atoms with Gasteiger partial charge in [-0.05, 0) is 24.3 Å². The summed E-state index contributed by atoms with van der Waals surface area (Å²) in [5.74, 6) is 0.240. The molecule has 4 nitrogen and oxygen atoms in total. The summed E-state index contributed by atoms with van der Waals surface area (Å²) in [5.41, 5.74) is 8.10. The molecule has 0 aliphatic heterocycles. The summed E-state index contributed by atoms with van der Waals surface area (Å²) in [6.07, 6.45) is 0. The molecule has 0 atom stereocenters. The van der Waals surface area contributed by atoms with Gasteiger partial charge >= 0.3 is 0 Å². The Morgan fingerprint density at radius 1 is 1.25 bits per heavy atom. The number of carbonyl (C=O) groups is 1. The lowest BCUT2D eigenvalue weighted by Gasteiger charge is -1.98. The Hall–Kier alpha value is -1.85. The fraction of sp³-hybridized carbons (Fsp3) is 0. The predicted octanol–water partition coefficient (Wildman–Crippen LogP) is 3.74. The molecule has 0 spiro atoms. The van der Waals surface area contributed by atoms with E-state index in [4.69, 9.17) is 17.3 Å². The minimum absolute atomic E-state index is 0.451. The number of nitrogens with zero attached hydrogens (tertiary/aromatic N) is 1. The van der Waals surface area contributed by atoms with Gasteiger partial charge in [0.25, 0.3) is 0 Å². The van der Waals surface area contributed by atoms with E-state index in [0.29, 0.717) is 21.9 Å². The molecule has 0 unspecified atom stereocenters. The SMILES string of the molecule is NC(=O)c1ccc(-c2nc3c(Cl)cc(Br)cc3[nH]2)cc1. The van der Waals surface area contributed by atoms with Gasteiger partial charge in [0.15, 0.2) is 0 Å². The van der Waals surface area contributed by atoms with E-state index in [1.807, 2.05) is 6.07 Å². The van der Waals surface area contributed by atoms with Crippen LogP contribution in [0.5, 0.6) is 0 Å². The largest absolute Gasteiger partial charge is 0.366 e. The smallest absolute Gasteiger partial charge is 0.248 e. The van der Waals surface area contributed by atoms with Crippen molar-refractivity contribution in [1.82, 2.24) is 9.97 Å². The first-order valence-electron chi connectivity index (χ1n) is 5.79. The van der Waals surface area contributed by atoms with E-state index in [9.17, 15) is 4.79 Å². The van der Waals surface area contributed by atoms with Crippen LogP contribution in [-0.2, 0) is 0 Å². The molecular weight excluding hydrogens is 342 g/mol. The first kappa shape index (κ1) is 13.1. The number of nitrogens with two attached hydrogens (primary N) is 1. The number of hydrogen-bond donors (Lipinski definition) is 2. The Labute approximate surface area is 128 Å². The lowest BCUT2D eigenvalue weighted by Crippen LogP contribution is -2.10. The van der Waals surface area contributed by atoms with E-state index >= 15 is 0 Å². The summed E-state index contributed by atoms with van der Waals surface area (Å²) in [7, 11) is 0. The highest BCUT2D eigenvalue weighted by molar-refractivity contribution is 9.10. The van der Waals surface area contributed by atoms with Gasteiger partial charge in [0.1, 0.15) is 11.3 Å². The Balaban J connectivity index is 2.10. The standard InChI is InChI=1S/C14H9BrClN3O/c15-9-5-10(16)12-11(6-9)18-14(19-12)8-3-1-7(2-4-8)13(17)20/h1-6H,(H2,17,20)(H,18,19). The number of halogens is 2.